The van der Waals surface area contributed by atoms with Crippen LogP contribution in [0.25, 0.3) is 0 Å². The van der Waals surface area contributed by atoms with Crippen LogP contribution >= 0.6 is 0 Å². The van der Waals surface area contributed by atoms with Crippen LogP contribution in [0, 0.1) is 11.6 Å². The Kier molecular flexibility index (Phi) is 4.16. The van der Waals surface area contributed by atoms with Crippen LogP contribution in [-0.4, -0.2) is 29.1 Å². The number of carboxylic acids is 1. The van der Waals surface area contributed by atoms with Crippen molar-refractivity contribution >= 4 is 17.6 Å². The zero-order valence-electron chi connectivity index (χ0n) is 9.56. The summed E-state index contributed by atoms with van der Waals surface area (Å²) in [6.45, 7) is 0. The van der Waals surface area contributed by atoms with E-state index in [-0.39, 0.29) is 12.1 Å². The number of halogens is 7. The monoisotopic (exact) mass is 319 g/mol. The summed E-state index contributed by atoms with van der Waals surface area (Å²) in [7, 11) is 0. The highest BCUT2D eigenvalue weighted by molar-refractivity contribution is 6.03. The number of rotatable bonds is 3. The van der Waals surface area contributed by atoms with Crippen molar-refractivity contribution in [1.82, 2.24) is 0 Å². The Morgan fingerprint density at radius 3 is 1.90 bits per heavy atom. The van der Waals surface area contributed by atoms with Crippen LogP contribution in [0.3, 0.4) is 0 Å². The van der Waals surface area contributed by atoms with Crippen molar-refractivity contribution in [3.8, 4) is 0 Å². The molecule has 0 aliphatic heterocycles. The summed E-state index contributed by atoms with van der Waals surface area (Å²) in [6.07, 6.45) is -6.24. The molecular formula is C10H4F7NO3. The minimum Gasteiger partial charge on any atom is -0.478 e. The Hall–Kier alpha value is -2.33. The highest BCUT2D eigenvalue weighted by Crippen LogP contribution is 2.36. The fraction of sp³-hybridized carbons (Fsp3) is 0.200. The fourth-order valence-corrected chi connectivity index (χ4v) is 1.16. The van der Waals surface area contributed by atoms with Gasteiger partial charge in [0.25, 0.3) is 0 Å². The summed E-state index contributed by atoms with van der Waals surface area (Å²) in [4.78, 5) is 21.5. The van der Waals surface area contributed by atoms with E-state index in [1.165, 1.54) is 0 Å². The van der Waals surface area contributed by atoms with Gasteiger partial charge in [-0.15, -0.1) is 0 Å². The van der Waals surface area contributed by atoms with Crippen molar-refractivity contribution in [2.75, 3.05) is 5.32 Å². The van der Waals surface area contributed by atoms with E-state index < -0.39 is 46.9 Å². The predicted octanol–water partition coefficient (Wildman–Crippen LogP) is 2.80. The van der Waals surface area contributed by atoms with Crippen LogP contribution in [-0.2, 0) is 4.79 Å². The maximum atomic E-state index is 12.9. The lowest BCUT2D eigenvalue weighted by atomic mass is 10.1. The van der Waals surface area contributed by atoms with Crippen molar-refractivity contribution in [3.05, 3.63) is 29.3 Å². The SMILES string of the molecule is O=C(O)c1cc(F)c(F)cc1NC(=O)C(F)(F)C(F)(F)F. The van der Waals surface area contributed by atoms with Gasteiger partial charge in [0.15, 0.2) is 11.6 Å². The van der Waals surface area contributed by atoms with Crippen molar-refractivity contribution in [1.29, 1.82) is 0 Å². The Bertz CT molecular complexity index is 597. The number of anilines is 1. The molecule has 0 aliphatic carbocycles. The number of benzene rings is 1. The Labute approximate surface area is 111 Å². The average molecular weight is 319 g/mol. The van der Waals surface area contributed by atoms with Crippen molar-refractivity contribution in [2.24, 2.45) is 0 Å². The van der Waals surface area contributed by atoms with E-state index >= 15 is 0 Å². The zero-order valence-corrected chi connectivity index (χ0v) is 9.56. The minimum absolute atomic E-state index is 0.0247. The van der Waals surface area contributed by atoms with Gasteiger partial charge < -0.3 is 10.4 Å². The zero-order chi connectivity index (χ0) is 16.6. The summed E-state index contributed by atoms with van der Waals surface area (Å²) >= 11 is 0. The summed E-state index contributed by atoms with van der Waals surface area (Å²) in [5.74, 6) is -14.2. The van der Waals surface area contributed by atoms with Crippen LogP contribution in [0.5, 0.6) is 0 Å². The van der Waals surface area contributed by atoms with E-state index in [1.54, 1.807) is 0 Å². The molecule has 0 aromatic heterocycles. The van der Waals surface area contributed by atoms with E-state index in [2.05, 4.69) is 0 Å². The van der Waals surface area contributed by atoms with E-state index in [0.717, 1.165) is 5.32 Å². The van der Waals surface area contributed by atoms with Gasteiger partial charge in [0.2, 0.25) is 0 Å². The molecule has 1 aromatic rings. The van der Waals surface area contributed by atoms with Gasteiger partial charge >= 0.3 is 24.0 Å². The van der Waals surface area contributed by atoms with Crippen molar-refractivity contribution in [2.45, 2.75) is 12.1 Å². The number of alkyl halides is 5. The molecule has 0 aliphatic rings. The van der Waals surface area contributed by atoms with Gasteiger partial charge in [0, 0.05) is 6.07 Å². The standard InChI is InChI=1S/C10H4F7NO3/c11-4-1-3(7(19)20)6(2-5(4)12)18-8(21)9(13,14)10(15,16)17/h1-2H,(H,18,21)(H,19,20). The lowest BCUT2D eigenvalue weighted by Gasteiger charge is -2.19. The minimum atomic E-state index is -6.24. The second-order valence-corrected chi connectivity index (χ2v) is 3.64. The summed E-state index contributed by atoms with van der Waals surface area (Å²) in [5.41, 5.74) is -2.43. The van der Waals surface area contributed by atoms with E-state index in [0.29, 0.717) is 0 Å². The average Bonchev–Trinajstić information content (AvgIpc) is 2.31. The molecule has 11 heteroatoms. The number of hydrogen-bond acceptors (Lipinski definition) is 2. The van der Waals surface area contributed by atoms with Gasteiger partial charge in [-0.3, -0.25) is 4.79 Å². The molecule has 0 saturated heterocycles. The molecule has 0 saturated carbocycles. The first-order chi connectivity index (χ1) is 9.37. The van der Waals surface area contributed by atoms with E-state index in [4.69, 9.17) is 5.11 Å². The highest BCUT2D eigenvalue weighted by Gasteiger charge is 2.63. The van der Waals surface area contributed by atoms with Crippen LogP contribution < -0.4 is 5.32 Å². The number of nitrogens with one attached hydrogen (secondary N) is 1. The second-order valence-electron chi connectivity index (χ2n) is 3.64. The van der Waals surface area contributed by atoms with Crippen LogP contribution in [0.15, 0.2) is 12.1 Å². The van der Waals surface area contributed by atoms with Gasteiger partial charge in [0.1, 0.15) is 0 Å². The quantitative estimate of drug-likeness (QED) is 0.842. The van der Waals surface area contributed by atoms with Gasteiger partial charge in [-0.25, -0.2) is 13.6 Å². The molecule has 0 atom stereocenters. The smallest absolute Gasteiger partial charge is 0.463 e. The van der Waals surface area contributed by atoms with Crippen LogP contribution in [0.2, 0.25) is 0 Å². The Balaban J connectivity index is 3.23. The normalized spacial score (nSPS) is 12.1. The molecule has 116 valence electrons. The van der Waals surface area contributed by atoms with Crippen LogP contribution in [0.1, 0.15) is 10.4 Å². The summed E-state index contributed by atoms with van der Waals surface area (Å²) in [6, 6.07) is 0.00214. The van der Waals surface area contributed by atoms with Gasteiger partial charge in [-0.1, -0.05) is 0 Å². The number of amides is 1. The maximum Gasteiger partial charge on any atom is 0.463 e. The third-order valence-corrected chi connectivity index (χ3v) is 2.18. The first-order valence-corrected chi connectivity index (χ1v) is 4.86. The predicted molar refractivity (Wildman–Crippen MR) is 52.9 cm³/mol. The first kappa shape index (κ1) is 16.7. The molecule has 4 nitrogen and oxygen atoms in total. The Morgan fingerprint density at radius 2 is 1.48 bits per heavy atom. The molecular weight excluding hydrogens is 315 g/mol. The molecule has 0 bridgehead atoms. The molecule has 0 heterocycles. The molecule has 0 fully saturated rings. The van der Waals surface area contributed by atoms with Crippen molar-refractivity contribution in [3.63, 3.8) is 0 Å². The molecule has 0 radical (unpaired) electrons. The number of carboxylic acid groups (broad SMARTS) is 1. The molecule has 2 N–H and O–H groups in total. The number of carbonyl (C=O) groups excluding carboxylic acids is 1. The topological polar surface area (TPSA) is 66.4 Å². The molecule has 1 rings (SSSR count). The summed E-state index contributed by atoms with van der Waals surface area (Å²) < 4.78 is 86.8. The third kappa shape index (κ3) is 3.23. The lowest BCUT2D eigenvalue weighted by molar-refractivity contribution is -0.267. The molecule has 0 spiro atoms. The molecule has 0 unspecified atom stereocenters. The van der Waals surface area contributed by atoms with Gasteiger partial charge in [0.05, 0.1) is 11.3 Å². The largest absolute Gasteiger partial charge is 0.478 e. The summed E-state index contributed by atoms with van der Waals surface area (Å²) in [5, 5.41) is 9.52. The Morgan fingerprint density at radius 1 is 1.00 bits per heavy atom. The highest BCUT2D eigenvalue weighted by atomic mass is 19.4. The number of aromatic carboxylic acids is 1. The first-order valence-electron chi connectivity index (χ1n) is 4.86. The van der Waals surface area contributed by atoms with Gasteiger partial charge in [-0.2, -0.15) is 22.0 Å². The van der Waals surface area contributed by atoms with E-state index in [1.807, 2.05) is 0 Å². The second kappa shape index (κ2) is 5.22. The molecule has 21 heavy (non-hydrogen) atoms. The van der Waals surface area contributed by atoms with Crippen LogP contribution in [0.4, 0.5) is 36.4 Å². The molecule has 1 aromatic carbocycles. The van der Waals surface area contributed by atoms with E-state index in [9.17, 15) is 40.3 Å². The molecule has 1 amide bonds. The van der Waals surface area contributed by atoms with Crippen molar-refractivity contribution < 1.29 is 45.4 Å². The number of carbonyl (C=O) groups is 2. The third-order valence-electron chi connectivity index (χ3n) is 2.18. The maximum absolute atomic E-state index is 12.9. The lowest BCUT2D eigenvalue weighted by Crippen LogP contribution is -2.47. The van der Waals surface area contributed by atoms with Gasteiger partial charge in [-0.05, 0) is 6.07 Å². The number of hydrogen-bond donors (Lipinski definition) is 2. The fourth-order valence-electron chi connectivity index (χ4n) is 1.16.